The van der Waals surface area contributed by atoms with Gasteiger partial charge in [-0.2, -0.15) is 0 Å². The van der Waals surface area contributed by atoms with E-state index < -0.39 is 16.0 Å². The number of aromatic nitrogens is 1. The second-order valence-corrected chi connectivity index (χ2v) is 12.5. The summed E-state index contributed by atoms with van der Waals surface area (Å²) in [7, 11) is -3.62. The first-order valence-electron chi connectivity index (χ1n) is 12.4. The number of nitrogens with two attached hydrogens (primary N) is 1. The van der Waals surface area contributed by atoms with Gasteiger partial charge in [-0.15, -0.1) is 0 Å². The number of benzene rings is 1. The van der Waals surface area contributed by atoms with E-state index in [4.69, 9.17) is 10.5 Å². The van der Waals surface area contributed by atoms with Crippen molar-refractivity contribution in [2.24, 2.45) is 11.3 Å². The fraction of sp³-hybridized carbons (Fsp3) is 0.538. The smallest absolute Gasteiger partial charge is 0.323 e. The average molecular weight is 518 g/mol. The Balaban J connectivity index is 1.65. The summed E-state index contributed by atoms with van der Waals surface area (Å²) in [4.78, 5) is 24.8. The lowest BCUT2D eigenvalue weighted by Crippen LogP contribution is -2.29. The Morgan fingerprint density at radius 1 is 1.22 bits per heavy atom. The summed E-state index contributed by atoms with van der Waals surface area (Å²) in [6, 6.07) is 7.06. The SMILES string of the molecule is CC1(C)CC(=O)c2c(Cc3ccccc3NS(=O)(=O)CC3CCCOCC3)c(N)n(CC(=O)O)c2C1. The van der Waals surface area contributed by atoms with Gasteiger partial charge in [0.2, 0.25) is 10.0 Å². The van der Waals surface area contributed by atoms with Crippen LogP contribution in [0.15, 0.2) is 24.3 Å². The molecule has 0 saturated carbocycles. The summed E-state index contributed by atoms with van der Waals surface area (Å²) in [5.74, 6) is -0.819. The number of carboxylic acid groups (broad SMARTS) is 1. The largest absolute Gasteiger partial charge is 0.480 e. The molecular weight excluding hydrogens is 482 g/mol. The van der Waals surface area contributed by atoms with Crippen molar-refractivity contribution >= 4 is 33.3 Å². The van der Waals surface area contributed by atoms with Crippen LogP contribution in [0.5, 0.6) is 0 Å². The van der Waals surface area contributed by atoms with Crippen LogP contribution in [0.3, 0.4) is 0 Å². The van der Waals surface area contributed by atoms with Gasteiger partial charge in [0.05, 0.1) is 11.4 Å². The lowest BCUT2D eigenvalue weighted by molar-refractivity contribution is -0.137. The molecule has 4 N–H and O–H groups in total. The first-order chi connectivity index (χ1) is 17.0. The highest BCUT2D eigenvalue weighted by Gasteiger charge is 2.37. The maximum atomic E-state index is 13.2. The van der Waals surface area contributed by atoms with Crippen molar-refractivity contribution in [2.45, 2.75) is 58.9 Å². The van der Waals surface area contributed by atoms with Gasteiger partial charge in [-0.25, -0.2) is 8.42 Å². The minimum atomic E-state index is -3.62. The summed E-state index contributed by atoms with van der Waals surface area (Å²) in [5, 5.41) is 9.47. The van der Waals surface area contributed by atoms with E-state index in [0.29, 0.717) is 60.5 Å². The molecule has 1 saturated heterocycles. The zero-order valence-corrected chi connectivity index (χ0v) is 21.7. The number of carboxylic acids is 1. The number of nitrogens with zero attached hydrogens (tertiary/aromatic N) is 1. The number of ketones is 1. The maximum absolute atomic E-state index is 13.2. The molecular formula is C26H35N3O6S. The molecule has 196 valence electrons. The number of aliphatic carboxylic acids is 1. The molecule has 1 aromatic heterocycles. The molecule has 1 atom stereocenters. The molecule has 2 aromatic rings. The van der Waals surface area contributed by atoms with Crippen LogP contribution in [0.4, 0.5) is 11.5 Å². The molecule has 1 aromatic carbocycles. The van der Waals surface area contributed by atoms with Gasteiger partial charge in [-0.1, -0.05) is 32.0 Å². The van der Waals surface area contributed by atoms with E-state index in [2.05, 4.69) is 4.72 Å². The third-order valence-corrected chi connectivity index (χ3v) is 8.49. The standard InChI is InChI=1S/C26H35N3O6S/c1-26(2)13-21-24(22(30)14-26)19(25(27)29(21)15-23(31)32)12-18-7-3-4-8-20(18)28-36(33,34)16-17-6-5-10-35-11-9-17/h3-4,7-8,17,28H,5-6,9-16,27H2,1-2H3,(H,31,32). The van der Waals surface area contributed by atoms with Crippen LogP contribution < -0.4 is 10.5 Å². The van der Waals surface area contributed by atoms with Crippen molar-refractivity contribution in [3.63, 3.8) is 0 Å². The number of ether oxygens (including phenoxy) is 1. The Morgan fingerprint density at radius 3 is 2.72 bits per heavy atom. The fourth-order valence-electron chi connectivity index (χ4n) is 5.41. The van der Waals surface area contributed by atoms with Crippen molar-refractivity contribution in [1.29, 1.82) is 0 Å². The first-order valence-corrected chi connectivity index (χ1v) is 14.0. The highest BCUT2D eigenvalue weighted by atomic mass is 32.2. The van der Waals surface area contributed by atoms with Crippen molar-refractivity contribution in [3.8, 4) is 0 Å². The number of anilines is 2. The number of hydrogen-bond donors (Lipinski definition) is 3. The summed E-state index contributed by atoms with van der Waals surface area (Å²) in [5.41, 5.74) is 8.91. The van der Waals surface area contributed by atoms with Crippen LogP contribution in [0.2, 0.25) is 0 Å². The van der Waals surface area contributed by atoms with Crippen LogP contribution in [0.1, 0.15) is 66.7 Å². The Labute approximate surface area is 212 Å². The van der Waals surface area contributed by atoms with Crippen LogP contribution >= 0.6 is 0 Å². The highest BCUT2D eigenvalue weighted by Crippen LogP contribution is 2.41. The molecule has 4 rings (SSSR count). The molecule has 10 heteroatoms. The molecule has 0 bridgehead atoms. The normalized spacial score (nSPS) is 19.9. The lowest BCUT2D eigenvalue weighted by atomic mass is 9.75. The molecule has 0 amide bonds. The fourth-order valence-corrected chi connectivity index (χ4v) is 6.98. The van der Waals surface area contributed by atoms with Crippen molar-refractivity contribution in [3.05, 3.63) is 46.6 Å². The van der Waals surface area contributed by atoms with E-state index in [9.17, 15) is 23.1 Å². The zero-order valence-electron chi connectivity index (χ0n) is 20.9. The lowest BCUT2D eigenvalue weighted by Gasteiger charge is -2.29. The Kier molecular flexibility index (Phi) is 7.47. The predicted octanol–water partition coefficient (Wildman–Crippen LogP) is 3.46. The van der Waals surface area contributed by atoms with Crippen LogP contribution in [-0.2, 0) is 38.9 Å². The second kappa shape index (κ2) is 10.3. The van der Waals surface area contributed by atoms with Gasteiger partial charge >= 0.3 is 5.97 Å². The summed E-state index contributed by atoms with van der Waals surface area (Å²) >= 11 is 0. The molecule has 2 aliphatic rings. The zero-order chi connectivity index (χ0) is 26.1. The van der Waals surface area contributed by atoms with Crippen LogP contribution in [0.25, 0.3) is 0 Å². The van der Waals surface area contributed by atoms with Gasteiger partial charge < -0.3 is 20.1 Å². The summed E-state index contributed by atoms with van der Waals surface area (Å²) in [6.45, 7) is 4.85. The number of nitrogen functional groups attached to an aromatic ring is 1. The number of para-hydroxylation sites is 1. The van der Waals surface area contributed by atoms with E-state index in [1.807, 2.05) is 13.8 Å². The topological polar surface area (TPSA) is 141 Å². The Morgan fingerprint density at radius 2 is 1.97 bits per heavy atom. The molecule has 1 fully saturated rings. The highest BCUT2D eigenvalue weighted by molar-refractivity contribution is 7.92. The van der Waals surface area contributed by atoms with E-state index in [1.54, 1.807) is 24.3 Å². The molecule has 2 heterocycles. The Bertz CT molecular complexity index is 1260. The minimum Gasteiger partial charge on any atom is -0.480 e. The predicted molar refractivity (Wildman–Crippen MR) is 138 cm³/mol. The number of rotatable bonds is 8. The van der Waals surface area contributed by atoms with E-state index in [0.717, 1.165) is 12.8 Å². The third-order valence-electron chi connectivity index (χ3n) is 7.05. The molecule has 0 spiro atoms. The Hall–Kier alpha value is -2.85. The molecule has 9 nitrogen and oxygen atoms in total. The van der Waals surface area contributed by atoms with Gasteiger partial charge in [0.15, 0.2) is 5.78 Å². The maximum Gasteiger partial charge on any atom is 0.323 e. The quantitative estimate of drug-likeness (QED) is 0.487. The molecule has 1 aliphatic carbocycles. The number of nitrogens with one attached hydrogen (secondary N) is 1. The van der Waals surface area contributed by atoms with Crippen molar-refractivity contribution in [2.75, 3.05) is 29.4 Å². The second-order valence-electron chi connectivity index (χ2n) is 10.7. The number of hydrogen-bond acceptors (Lipinski definition) is 6. The molecule has 36 heavy (non-hydrogen) atoms. The monoisotopic (exact) mass is 517 g/mol. The third kappa shape index (κ3) is 5.92. The number of carbonyl (C=O) groups is 2. The molecule has 0 radical (unpaired) electrons. The number of Topliss-reactive ketones (excluding diaryl/α,β-unsaturated/α-hetero) is 1. The van der Waals surface area contributed by atoms with Gasteiger partial charge in [0.25, 0.3) is 0 Å². The van der Waals surface area contributed by atoms with Gasteiger partial charge in [0, 0.05) is 42.9 Å². The number of fused-ring (bicyclic) bond motifs is 1. The van der Waals surface area contributed by atoms with E-state index in [1.165, 1.54) is 4.57 Å². The van der Waals surface area contributed by atoms with Gasteiger partial charge in [0.1, 0.15) is 12.4 Å². The molecule has 1 unspecified atom stereocenters. The number of sulfonamides is 1. The van der Waals surface area contributed by atoms with E-state index >= 15 is 0 Å². The van der Waals surface area contributed by atoms with Gasteiger partial charge in [-0.05, 0) is 48.6 Å². The van der Waals surface area contributed by atoms with Gasteiger partial charge in [-0.3, -0.25) is 14.3 Å². The minimum absolute atomic E-state index is 0.0186. The summed E-state index contributed by atoms with van der Waals surface area (Å²) in [6.07, 6.45) is 3.44. The number of carbonyl (C=O) groups excluding carboxylic acids is 1. The van der Waals surface area contributed by atoms with E-state index in [-0.39, 0.29) is 41.7 Å². The van der Waals surface area contributed by atoms with Crippen LogP contribution in [-0.4, -0.2) is 48.8 Å². The first kappa shape index (κ1) is 26.2. The molecule has 1 aliphatic heterocycles. The van der Waals surface area contributed by atoms with Crippen molar-refractivity contribution < 1.29 is 27.9 Å². The average Bonchev–Trinajstić information content (AvgIpc) is 2.93. The van der Waals surface area contributed by atoms with Crippen LogP contribution in [0, 0.1) is 11.3 Å². The summed E-state index contributed by atoms with van der Waals surface area (Å²) < 4.78 is 35.8. The van der Waals surface area contributed by atoms with Crippen molar-refractivity contribution in [1.82, 2.24) is 4.57 Å².